The second-order valence-electron chi connectivity index (χ2n) is 8.81. The van der Waals surface area contributed by atoms with Gasteiger partial charge in [0.25, 0.3) is 5.91 Å². The molecule has 4 aromatic rings. The number of carbonyl (C=O) groups is 1. The minimum atomic E-state index is -0.604. The van der Waals surface area contributed by atoms with Crippen LogP contribution in [0.1, 0.15) is 54.1 Å². The van der Waals surface area contributed by atoms with Gasteiger partial charge in [-0.25, -0.2) is 4.98 Å². The summed E-state index contributed by atoms with van der Waals surface area (Å²) in [6, 6.07) is 19.9. The molecule has 1 amide bonds. The van der Waals surface area contributed by atoms with Crippen LogP contribution in [-0.2, 0) is 5.41 Å². The van der Waals surface area contributed by atoms with Gasteiger partial charge in [0.1, 0.15) is 11.4 Å². The van der Waals surface area contributed by atoms with Crippen LogP contribution in [0, 0.1) is 0 Å². The second kappa shape index (κ2) is 6.91. The third-order valence-electron chi connectivity index (χ3n) is 5.77. The highest BCUT2D eigenvalue weighted by Gasteiger charge is 2.44. The van der Waals surface area contributed by atoms with Crippen molar-refractivity contribution in [1.29, 1.82) is 0 Å². The molecule has 0 N–H and O–H groups in total. The first-order valence-electron chi connectivity index (χ1n) is 10.3. The number of aromatic nitrogens is 1. The predicted octanol–water partition coefficient (Wildman–Crippen LogP) is 5.24. The zero-order valence-electron chi connectivity index (χ0n) is 17.6. The lowest BCUT2D eigenvalue weighted by Crippen LogP contribution is -2.30. The molecule has 1 aliphatic rings. The van der Waals surface area contributed by atoms with Gasteiger partial charge in [-0.1, -0.05) is 63.2 Å². The van der Waals surface area contributed by atoms with Gasteiger partial charge >= 0.3 is 0 Å². The highest BCUT2D eigenvalue weighted by molar-refractivity contribution is 6.10. The standard InChI is InChI=1S/C26H22N2O3/c1-26(2,3)17-13-11-16(12-14-17)22-21-23(29)18-8-4-5-9-19(18)31-24(21)25(30)28(22)20-10-6-7-15-27-20/h4-15,22H,1-3H3/t22-/m1/s1. The first kappa shape index (κ1) is 19.2. The van der Waals surface area contributed by atoms with Gasteiger partial charge in [-0.2, -0.15) is 0 Å². The molecule has 2 aromatic carbocycles. The van der Waals surface area contributed by atoms with Crippen LogP contribution in [0.2, 0.25) is 0 Å². The van der Waals surface area contributed by atoms with E-state index in [4.69, 9.17) is 4.42 Å². The Balaban J connectivity index is 1.77. The molecule has 5 rings (SSSR count). The van der Waals surface area contributed by atoms with E-state index in [1.54, 1.807) is 47.5 Å². The topological polar surface area (TPSA) is 63.4 Å². The largest absolute Gasteiger partial charge is 0.450 e. The summed E-state index contributed by atoms with van der Waals surface area (Å²) in [4.78, 5) is 32.9. The molecule has 0 bridgehead atoms. The van der Waals surface area contributed by atoms with E-state index < -0.39 is 6.04 Å². The Labute approximate surface area is 180 Å². The second-order valence-corrected chi connectivity index (χ2v) is 8.81. The fraction of sp³-hybridized carbons (Fsp3) is 0.192. The predicted molar refractivity (Wildman–Crippen MR) is 121 cm³/mol. The molecule has 5 nitrogen and oxygen atoms in total. The number of pyridine rings is 1. The summed E-state index contributed by atoms with van der Waals surface area (Å²) in [6.07, 6.45) is 1.64. The van der Waals surface area contributed by atoms with Crippen molar-refractivity contribution in [2.75, 3.05) is 4.90 Å². The molecule has 154 valence electrons. The zero-order chi connectivity index (χ0) is 21.8. The van der Waals surface area contributed by atoms with E-state index in [9.17, 15) is 9.59 Å². The lowest BCUT2D eigenvalue weighted by atomic mass is 9.86. The molecule has 1 atom stereocenters. The number of hydrogen-bond donors (Lipinski definition) is 0. The average molecular weight is 410 g/mol. The van der Waals surface area contributed by atoms with Crippen molar-refractivity contribution in [2.24, 2.45) is 0 Å². The number of rotatable bonds is 2. The Morgan fingerprint density at radius 1 is 0.903 bits per heavy atom. The van der Waals surface area contributed by atoms with E-state index in [0.717, 1.165) is 5.56 Å². The molecule has 0 unspecified atom stereocenters. The summed E-state index contributed by atoms with van der Waals surface area (Å²) in [6.45, 7) is 6.45. The van der Waals surface area contributed by atoms with Gasteiger partial charge in [-0.05, 0) is 40.8 Å². The Kier molecular flexibility index (Phi) is 4.29. The quantitative estimate of drug-likeness (QED) is 0.454. The summed E-state index contributed by atoms with van der Waals surface area (Å²) in [7, 11) is 0. The SMILES string of the molecule is CC(C)(C)c1ccc([C@@H]2c3c(oc4ccccc4c3=O)C(=O)N2c2ccccn2)cc1. The molecule has 5 heteroatoms. The highest BCUT2D eigenvalue weighted by atomic mass is 16.3. The Hall–Kier alpha value is -3.73. The fourth-order valence-corrected chi connectivity index (χ4v) is 4.13. The molecular weight excluding hydrogens is 388 g/mol. The summed E-state index contributed by atoms with van der Waals surface area (Å²) >= 11 is 0. The van der Waals surface area contributed by atoms with Crippen LogP contribution in [0.15, 0.2) is 82.1 Å². The smallest absolute Gasteiger partial charge is 0.296 e. The maximum Gasteiger partial charge on any atom is 0.296 e. The summed E-state index contributed by atoms with van der Waals surface area (Å²) in [5, 5.41) is 0.466. The molecule has 2 aromatic heterocycles. The Morgan fingerprint density at radius 3 is 2.29 bits per heavy atom. The minimum absolute atomic E-state index is 0.00215. The summed E-state index contributed by atoms with van der Waals surface area (Å²) in [5.74, 6) is 0.202. The van der Waals surface area contributed by atoms with Crippen LogP contribution >= 0.6 is 0 Å². The van der Waals surface area contributed by atoms with Gasteiger partial charge in [0.05, 0.1) is 17.0 Å². The summed E-state index contributed by atoms with van der Waals surface area (Å²) < 4.78 is 5.96. The number of hydrogen-bond acceptors (Lipinski definition) is 4. The number of amides is 1. The van der Waals surface area contributed by atoms with Crippen molar-refractivity contribution in [2.45, 2.75) is 32.2 Å². The van der Waals surface area contributed by atoms with Crippen molar-refractivity contribution >= 4 is 22.7 Å². The van der Waals surface area contributed by atoms with Crippen LogP contribution < -0.4 is 10.3 Å². The van der Waals surface area contributed by atoms with E-state index in [2.05, 4.69) is 37.9 Å². The van der Waals surface area contributed by atoms with Crippen molar-refractivity contribution in [3.8, 4) is 0 Å². The van der Waals surface area contributed by atoms with E-state index in [1.165, 1.54) is 5.56 Å². The lowest BCUT2D eigenvalue weighted by Gasteiger charge is -2.25. The maximum atomic E-state index is 13.5. The minimum Gasteiger partial charge on any atom is -0.450 e. The monoisotopic (exact) mass is 410 g/mol. The Morgan fingerprint density at radius 2 is 1.61 bits per heavy atom. The van der Waals surface area contributed by atoms with Crippen molar-refractivity contribution < 1.29 is 9.21 Å². The molecular formula is C26H22N2O3. The molecule has 0 aliphatic carbocycles. The van der Waals surface area contributed by atoms with Crippen LogP contribution in [0.3, 0.4) is 0 Å². The first-order chi connectivity index (χ1) is 14.9. The van der Waals surface area contributed by atoms with Crippen LogP contribution in [0.5, 0.6) is 0 Å². The van der Waals surface area contributed by atoms with Gasteiger partial charge < -0.3 is 4.42 Å². The third kappa shape index (κ3) is 3.05. The van der Waals surface area contributed by atoms with E-state index in [1.807, 2.05) is 18.2 Å². The van der Waals surface area contributed by atoms with Crippen LogP contribution in [0.4, 0.5) is 5.82 Å². The lowest BCUT2D eigenvalue weighted by molar-refractivity contribution is 0.0970. The number of nitrogens with zero attached hydrogens (tertiary/aromatic N) is 2. The average Bonchev–Trinajstić information content (AvgIpc) is 3.07. The van der Waals surface area contributed by atoms with Crippen molar-refractivity contribution in [1.82, 2.24) is 4.98 Å². The molecule has 0 radical (unpaired) electrons. The van der Waals surface area contributed by atoms with E-state index >= 15 is 0 Å². The molecule has 0 saturated heterocycles. The van der Waals surface area contributed by atoms with Gasteiger partial charge in [-0.15, -0.1) is 0 Å². The third-order valence-corrected chi connectivity index (χ3v) is 5.77. The van der Waals surface area contributed by atoms with E-state index in [0.29, 0.717) is 22.4 Å². The number of benzene rings is 2. The van der Waals surface area contributed by atoms with Crippen molar-refractivity contribution in [3.05, 3.63) is 106 Å². The maximum absolute atomic E-state index is 13.5. The molecule has 1 aliphatic heterocycles. The van der Waals surface area contributed by atoms with Gasteiger partial charge in [0.2, 0.25) is 5.76 Å². The highest BCUT2D eigenvalue weighted by Crippen LogP contribution is 2.40. The zero-order valence-corrected chi connectivity index (χ0v) is 17.6. The normalized spacial score (nSPS) is 16.0. The molecule has 31 heavy (non-hydrogen) atoms. The molecule has 3 heterocycles. The molecule has 0 saturated carbocycles. The molecule has 0 spiro atoms. The first-order valence-corrected chi connectivity index (χ1v) is 10.3. The van der Waals surface area contributed by atoms with Crippen molar-refractivity contribution in [3.63, 3.8) is 0 Å². The van der Waals surface area contributed by atoms with Gasteiger partial charge in [0.15, 0.2) is 5.43 Å². The number of carbonyl (C=O) groups excluding carboxylic acids is 1. The number of para-hydroxylation sites is 1. The van der Waals surface area contributed by atoms with Gasteiger partial charge in [-0.3, -0.25) is 14.5 Å². The Bertz CT molecular complexity index is 1350. The van der Waals surface area contributed by atoms with Gasteiger partial charge in [0, 0.05) is 6.20 Å². The van der Waals surface area contributed by atoms with Crippen LogP contribution in [-0.4, -0.2) is 10.9 Å². The number of anilines is 1. The number of fused-ring (bicyclic) bond motifs is 2. The fourth-order valence-electron chi connectivity index (χ4n) is 4.13. The van der Waals surface area contributed by atoms with Crippen LogP contribution in [0.25, 0.3) is 11.0 Å². The molecule has 0 fully saturated rings. The summed E-state index contributed by atoms with van der Waals surface area (Å²) in [5.41, 5.74) is 2.59. The van der Waals surface area contributed by atoms with E-state index in [-0.39, 0.29) is 22.5 Å².